The number of nitrogens with one attached hydrogen (secondary N) is 1. The van der Waals surface area contributed by atoms with Crippen molar-refractivity contribution in [2.45, 2.75) is 11.8 Å². The third-order valence-corrected chi connectivity index (χ3v) is 7.53. The summed E-state index contributed by atoms with van der Waals surface area (Å²) in [5.41, 5.74) is 0.170. The minimum Gasteiger partial charge on any atom is -0.481 e. The van der Waals surface area contributed by atoms with Gasteiger partial charge in [0.1, 0.15) is 10.6 Å². The number of hydrogen-bond donors (Lipinski definition) is 2. The fraction of sp³-hybridized carbons (Fsp3) is 0.600. The Kier molecular flexibility index (Phi) is 5.12. The van der Waals surface area contributed by atoms with Crippen molar-refractivity contribution in [2.24, 2.45) is 11.8 Å². The van der Waals surface area contributed by atoms with E-state index in [2.05, 4.69) is 4.98 Å². The molecule has 0 aliphatic carbocycles. The first-order valence-corrected chi connectivity index (χ1v) is 10.7. The summed E-state index contributed by atoms with van der Waals surface area (Å²) in [7, 11) is -3.61. The fourth-order valence-corrected chi connectivity index (χ4v) is 5.78. The topological polar surface area (TPSA) is 111 Å². The second-order valence-corrected chi connectivity index (χ2v) is 9.56. The summed E-state index contributed by atoms with van der Waals surface area (Å²) in [6, 6.07) is 1.35. The Bertz CT molecular complexity index is 770. The van der Waals surface area contributed by atoms with Gasteiger partial charge < -0.3 is 15.0 Å². The molecule has 1 aromatic rings. The Morgan fingerprint density at radius 1 is 1.28 bits per heavy atom. The Labute approximate surface area is 150 Å². The third-order valence-electron chi connectivity index (χ3n) is 4.71. The molecule has 8 nitrogen and oxygen atoms in total. The van der Waals surface area contributed by atoms with Crippen LogP contribution in [0, 0.1) is 11.8 Å². The molecule has 3 heterocycles. The van der Waals surface area contributed by atoms with Crippen molar-refractivity contribution in [1.29, 1.82) is 0 Å². The van der Waals surface area contributed by atoms with E-state index in [4.69, 9.17) is 0 Å². The zero-order valence-electron chi connectivity index (χ0n) is 13.8. The van der Waals surface area contributed by atoms with Gasteiger partial charge in [0.25, 0.3) is 5.91 Å². The van der Waals surface area contributed by atoms with Crippen LogP contribution >= 0.6 is 11.8 Å². The van der Waals surface area contributed by atoms with E-state index in [-0.39, 0.29) is 29.0 Å². The molecule has 0 saturated carbocycles. The minimum absolute atomic E-state index is 0.0739. The lowest BCUT2D eigenvalue weighted by molar-refractivity contribution is -0.142. The van der Waals surface area contributed by atoms with Crippen molar-refractivity contribution >= 4 is 33.7 Å². The zero-order chi connectivity index (χ0) is 18.2. The number of thioether (sulfide) groups is 1. The molecule has 10 heteroatoms. The van der Waals surface area contributed by atoms with E-state index >= 15 is 0 Å². The maximum Gasteiger partial charge on any atom is 0.308 e. The van der Waals surface area contributed by atoms with Gasteiger partial charge >= 0.3 is 5.97 Å². The summed E-state index contributed by atoms with van der Waals surface area (Å²) in [5.74, 6) is -0.486. The van der Waals surface area contributed by atoms with E-state index in [1.54, 1.807) is 18.7 Å². The Balaban J connectivity index is 1.75. The number of aromatic nitrogens is 1. The molecule has 1 amide bonds. The second-order valence-electron chi connectivity index (χ2n) is 6.40. The van der Waals surface area contributed by atoms with Gasteiger partial charge in [0.15, 0.2) is 0 Å². The number of aliphatic carboxylic acids is 1. The Hall–Kier alpha value is -1.52. The first kappa shape index (κ1) is 18.3. The van der Waals surface area contributed by atoms with Gasteiger partial charge in [0.2, 0.25) is 10.0 Å². The maximum atomic E-state index is 12.6. The predicted octanol–water partition coefficient (Wildman–Crippen LogP) is 0.545. The molecule has 25 heavy (non-hydrogen) atoms. The lowest BCUT2D eigenvalue weighted by Gasteiger charge is -2.24. The van der Waals surface area contributed by atoms with E-state index in [1.807, 2.05) is 0 Å². The number of nitrogens with zero attached hydrogens (tertiary/aromatic N) is 2. The van der Waals surface area contributed by atoms with Crippen molar-refractivity contribution in [3.63, 3.8) is 0 Å². The van der Waals surface area contributed by atoms with E-state index in [9.17, 15) is 23.1 Å². The molecule has 0 aromatic carbocycles. The van der Waals surface area contributed by atoms with Crippen molar-refractivity contribution < 1.29 is 23.1 Å². The number of carboxylic acid groups (broad SMARTS) is 1. The maximum absolute atomic E-state index is 12.6. The average molecular weight is 387 g/mol. The van der Waals surface area contributed by atoms with Gasteiger partial charge in [0.05, 0.1) is 5.92 Å². The first-order chi connectivity index (χ1) is 11.8. The highest BCUT2D eigenvalue weighted by molar-refractivity contribution is 7.99. The van der Waals surface area contributed by atoms with Crippen molar-refractivity contribution in [2.75, 3.05) is 37.7 Å². The second kappa shape index (κ2) is 7.00. The molecule has 0 bridgehead atoms. The monoisotopic (exact) mass is 387 g/mol. The normalized spacial score (nSPS) is 25.2. The molecule has 2 fully saturated rings. The van der Waals surface area contributed by atoms with Crippen molar-refractivity contribution in [3.8, 4) is 0 Å². The van der Waals surface area contributed by atoms with Gasteiger partial charge in [-0.05, 0) is 12.0 Å². The van der Waals surface area contributed by atoms with Gasteiger partial charge in [-0.2, -0.15) is 16.1 Å². The van der Waals surface area contributed by atoms with Gasteiger partial charge in [-0.25, -0.2) is 8.42 Å². The summed E-state index contributed by atoms with van der Waals surface area (Å²) in [4.78, 5) is 28.0. The standard InChI is InChI=1S/C15H21N3O5S2/c1-10-8-17(9-12(10)15(20)21)14(19)13-6-11(7-16-13)25(22,23)18-2-4-24-5-3-18/h6-7,10,12,16H,2-5,8-9H2,1H3,(H,20,21)/t10-,12-/m1/s1. The first-order valence-electron chi connectivity index (χ1n) is 8.09. The highest BCUT2D eigenvalue weighted by atomic mass is 32.2. The van der Waals surface area contributed by atoms with Crippen LogP contribution in [-0.4, -0.2) is 77.3 Å². The summed E-state index contributed by atoms with van der Waals surface area (Å²) >= 11 is 1.72. The number of H-pyrrole nitrogens is 1. The Morgan fingerprint density at radius 3 is 2.56 bits per heavy atom. The number of likely N-dealkylation sites (tertiary alicyclic amines) is 1. The van der Waals surface area contributed by atoms with Crippen LogP contribution in [0.25, 0.3) is 0 Å². The number of sulfonamides is 1. The third kappa shape index (κ3) is 3.56. The minimum atomic E-state index is -3.61. The summed E-state index contributed by atoms with van der Waals surface area (Å²) in [6.07, 6.45) is 1.33. The number of aromatic amines is 1. The molecule has 2 N–H and O–H groups in total. The number of carbonyl (C=O) groups is 2. The molecule has 2 saturated heterocycles. The summed E-state index contributed by atoms with van der Waals surface area (Å²) in [5, 5.41) is 9.18. The largest absolute Gasteiger partial charge is 0.481 e. The SMILES string of the molecule is C[C@@H]1CN(C(=O)c2cc(S(=O)(=O)N3CCSCC3)c[nH]2)C[C@H]1C(=O)O. The lowest BCUT2D eigenvalue weighted by atomic mass is 9.99. The van der Waals surface area contributed by atoms with Gasteiger partial charge in [-0.3, -0.25) is 9.59 Å². The molecule has 0 spiro atoms. The van der Waals surface area contributed by atoms with E-state index in [0.29, 0.717) is 19.6 Å². The van der Waals surface area contributed by atoms with Crippen molar-refractivity contribution in [1.82, 2.24) is 14.2 Å². The number of hydrogen-bond acceptors (Lipinski definition) is 5. The van der Waals surface area contributed by atoms with Gasteiger partial charge in [-0.1, -0.05) is 6.92 Å². The van der Waals surface area contributed by atoms with Crippen LogP contribution in [0.1, 0.15) is 17.4 Å². The molecule has 0 unspecified atom stereocenters. The van der Waals surface area contributed by atoms with E-state index in [1.165, 1.54) is 21.5 Å². The molecule has 2 atom stereocenters. The van der Waals surface area contributed by atoms with Crippen LogP contribution < -0.4 is 0 Å². The van der Waals surface area contributed by atoms with Crippen LogP contribution in [0.2, 0.25) is 0 Å². The van der Waals surface area contributed by atoms with Crippen LogP contribution in [0.4, 0.5) is 0 Å². The highest BCUT2D eigenvalue weighted by Crippen LogP contribution is 2.26. The molecular formula is C15H21N3O5S2. The molecule has 3 rings (SSSR count). The van der Waals surface area contributed by atoms with Gasteiger partial charge in [0, 0.05) is 43.9 Å². The number of carbonyl (C=O) groups excluding carboxylic acids is 1. The predicted molar refractivity (Wildman–Crippen MR) is 93.1 cm³/mol. The molecule has 1 aromatic heterocycles. The zero-order valence-corrected chi connectivity index (χ0v) is 15.5. The van der Waals surface area contributed by atoms with Crippen LogP contribution in [0.3, 0.4) is 0 Å². The van der Waals surface area contributed by atoms with Crippen LogP contribution in [0.15, 0.2) is 17.2 Å². The number of carboxylic acids is 1. The number of amides is 1. The van der Waals surface area contributed by atoms with Gasteiger partial charge in [-0.15, -0.1) is 0 Å². The quantitative estimate of drug-likeness (QED) is 0.780. The molecule has 2 aliphatic rings. The summed E-state index contributed by atoms with van der Waals surface area (Å²) in [6.45, 7) is 3.21. The number of rotatable bonds is 4. The lowest BCUT2D eigenvalue weighted by Crippen LogP contribution is -2.37. The van der Waals surface area contributed by atoms with Crippen LogP contribution in [-0.2, 0) is 14.8 Å². The fourth-order valence-electron chi connectivity index (χ4n) is 3.21. The molecule has 2 aliphatic heterocycles. The average Bonchev–Trinajstić information content (AvgIpc) is 3.22. The highest BCUT2D eigenvalue weighted by Gasteiger charge is 2.38. The smallest absolute Gasteiger partial charge is 0.308 e. The molecule has 0 radical (unpaired) electrons. The van der Waals surface area contributed by atoms with Crippen LogP contribution in [0.5, 0.6) is 0 Å². The van der Waals surface area contributed by atoms with E-state index < -0.39 is 21.9 Å². The Morgan fingerprint density at radius 2 is 1.96 bits per heavy atom. The van der Waals surface area contributed by atoms with Crippen molar-refractivity contribution in [3.05, 3.63) is 18.0 Å². The molecular weight excluding hydrogens is 366 g/mol. The summed E-state index contributed by atoms with van der Waals surface area (Å²) < 4.78 is 26.7. The van der Waals surface area contributed by atoms with E-state index in [0.717, 1.165) is 11.5 Å². The molecule has 138 valence electrons.